The molecule has 6 aromatic rings. The third-order valence-electron chi connectivity index (χ3n) is 8.22. The SMILES string of the molecule is Cc1cc(-c2ccc(N=Nc3c(N)c(S(=O)(=O)O)cc4cc(S(=O)(=O)O)ccc34)c(C)c2)ccc1N=Nc1cc(S(=O)(=O)O)c2ccccc2c1N.[Na+].[Na+].[Na+]. The molecular formula is C34H28N6Na3O9S3+3. The van der Waals surface area contributed by atoms with Crippen molar-refractivity contribution >= 4 is 86.0 Å². The van der Waals surface area contributed by atoms with Gasteiger partial charge in [0.1, 0.15) is 21.2 Å². The molecule has 0 aliphatic carbocycles. The molecule has 0 radical (unpaired) electrons. The van der Waals surface area contributed by atoms with Crippen LogP contribution in [0.2, 0.25) is 0 Å². The van der Waals surface area contributed by atoms with Crippen molar-refractivity contribution in [3.8, 4) is 11.1 Å². The second-order valence-electron chi connectivity index (χ2n) is 11.7. The summed E-state index contributed by atoms with van der Waals surface area (Å²) in [7, 11) is -14.1. The fraction of sp³-hybridized carbons (Fsp3) is 0.0588. The van der Waals surface area contributed by atoms with Gasteiger partial charge in [-0.15, -0.1) is 10.2 Å². The Balaban J connectivity index is 0.00000271. The maximum absolute atomic E-state index is 12.1. The maximum atomic E-state index is 12.1. The van der Waals surface area contributed by atoms with E-state index in [1.54, 1.807) is 49.4 Å². The van der Waals surface area contributed by atoms with Crippen LogP contribution in [0.5, 0.6) is 0 Å². The van der Waals surface area contributed by atoms with E-state index in [0.717, 1.165) is 34.9 Å². The quantitative estimate of drug-likeness (QED) is 0.0539. The van der Waals surface area contributed by atoms with Crippen LogP contribution in [-0.4, -0.2) is 38.9 Å². The molecule has 55 heavy (non-hydrogen) atoms. The largest absolute Gasteiger partial charge is 1.00 e. The van der Waals surface area contributed by atoms with Gasteiger partial charge in [0.05, 0.1) is 27.6 Å². The Morgan fingerprint density at radius 2 is 1.00 bits per heavy atom. The number of nitrogen functional groups attached to an aromatic ring is 2. The third kappa shape index (κ3) is 10.1. The van der Waals surface area contributed by atoms with Crippen molar-refractivity contribution in [2.45, 2.75) is 28.5 Å². The summed E-state index contributed by atoms with van der Waals surface area (Å²) in [5, 5.41) is 17.8. The number of nitrogens with two attached hydrogens (primary N) is 2. The van der Waals surface area contributed by atoms with Gasteiger partial charge in [0.25, 0.3) is 30.4 Å². The minimum atomic E-state index is -4.85. The summed E-state index contributed by atoms with van der Waals surface area (Å²) in [6.07, 6.45) is 0. The molecule has 0 fully saturated rings. The van der Waals surface area contributed by atoms with E-state index in [0.29, 0.717) is 22.3 Å². The van der Waals surface area contributed by atoms with E-state index in [9.17, 15) is 38.9 Å². The van der Waals surface area contributed by atoms with Gasteiger partial charge >= 0.3 is 88.7 Å². The van der Waals surface area contributed by atoms with E-state index in [2.05, 4.69) is 20.5 Å². The maximum Gasteiger partial charge on any atom is 1.00 e. The van der Waals surface area contributed by atoms with Crippen molar-refractivity contribution in [1.29, 1.82) is 0 Å². The summed E-state index contributed by atoms with van der Waals surface area (Å²) in [6.45, 7) is 3.59. The molecule has 0 amide bonds. The Hall–Kier alpha value is -2.63. The molecule has 15 nitrogen and oxygen atoms in total. The number of fused-ring (bicyclic) bond motifs is 2. The number of anilines is 2. The van der Waals surface area contributed by atoms with E-state index in [-0.39, 0.29) is 127 Å². The molecule has 0 spiro atoms. The van der Waals surface area contributed by atoms with Crippen molar-refractivity contribution < 1.29 is 128 Å². The van der Waals surface area contributed by atoms with Gasteiger partial charge in [-0.2, -0.15) is 35.5 Å². The number of hydrogen-bond acceptors (Lipinski definition) is 12. The van der Waals surface area contributed by atoms with Crippen molar-refractivity contribution in [3.63, 3.8) is 0 Å². The first-order valence-corrected chi connectivity index (χ1v) is 19.3. The smallest absolute Gasteiger partial charge is 0.396 e. The molecule has 6 aromatic carbocycles. The minimum absolute atomic E-state index is 0. The Morgan fingerprint density at radius 3 is 1.51 bits per heavy atom. The number of hydrogen-bond donors (Lipinski definition) is 5. The molecule has 0 saturated heterocycles. The molecule has 0 unspecified atom stereocenters. The van der Waals surface area contributed by atoms with E-state index in [1.807, 2.05) is 19.1 Å². The predicted molar refractivity (Wildman–Crippen MR) is 196 cm³/mol. The van der Waals surface area contributed by atoms with Gasteiger partial charge in [-0.3, -0.25) is 13.7 Å². The van der Waals surface area contributed by atoms with E-state index in [4.69, 9.17) is 11.5 Å². The van der Waals surface area contributed by atoms with E-state index >= 15 is 0 Å². The molecule has 0 saturated carbocycles. The van der Waals surface area contributed by atoms with Gasteiger partial charge in [0.2, 0.25) is 0 Å². The first kappa shape index (κ1) is 46.8. The van der Waals surface area contributed by atoms with Crippen LogP contribution in [0, 0.1) is 13.8 Å². The number of aryl methyl sites for hydroxylation is 2. The Bertz CT molecular complexity index is 2890. The predicted octanol–water partition coefficient (Wildman–Crippen LogP) is -0.976. The van der Waals surface area contributed by atoms with Crippen molar-refractivity contribution in [1.82, 2.24) is 0 Å². The number of azo groups is 2. The summed E-state index contributed by atoms with van der Waals surface area (Å²) >= 11 is 0. The van der Waals surface area contributed by atoms with E-state index < -0.39 is 45.8 Å². The Kier molecular flexibility index (Phi) is 15.2. The molecule has 0 aliphatic rings. The average molecular weight is 830 g/mol. The van der Waals surface area contributed by atoms with E-state index in [1.165, 1.54) is 18.2 Å². The van der Waals surface area contributed by atoms with Gasteiger partial charge in [-0.05, 0) is 90.0 Å². The molecular weight excluding hydrogens is 802 g/mol. The molecule has 0 bridgehead atoms. The van der Waals surface area contributed by atoms with Crippen LogP contribution in [0.25, 0.3) is 32.7 Å². The normalized spacial score (nSPS) is 12.1. The van der Waals surface area contributed by atoms with Crippen LogP contribution < -0.4 is 100 Å². The summed E-state index contributed by atoms with van der Waals surface area (Å²) in [5.74, 6) is 0. The molecule has 21 heteroatoms. The number of benzene rings is 6. The van der Waals surface area contributed by atoms with Gasteiger partial charge in [-0.25, -0.2) is 0 Å². The monoisotopic (exact) mass is 829 g/mol. The average Bonchev–Trinajstić information content (AvgIpc) is 3.06. The zero-order chi connectivity index (χ0) is 37.7. The second kappa shape index (κ2) is 17.9. The Labute approximate surface area is 382 Å². The summed E-state index contributed by atoms with van der Waals surface area (Å²) in [6, 6.07) is 22.7. The Morgan fingerprint density at radius 1 is 0.491 bits per heavy atom. The second-order valence-corrected chi connectivity index (χ2v) is 15.9. The molecule has 0 atom stereocenters. The molecule has 0 heterocycles. The summed E-state index contributed by atoms with van der Waals surface area (Å²) < 4.78 is 101. The number of nitrogens with zero attached hydrogens (tertiary/aromatic N) is 4. The van der Waals surface area contributed by atoms with Gasteiger partial charge in [0.15, 0.2) is 0 Å². The van der Waals surface area contributed by atoms with Crippen LogP contribution in [0.15, 0.2) is 126 Å². The fourth-order valence-electron chi connectivity index (χ4n) is 5.59. The summed E-state index contributed by atoms with van der Waals surface area (Å²) in [4.78, 5) is -1.56. The zero-order valence-electron chi connectivity index (χ0n) is 30.1. The molecule has 0 aliphatic heterocycles. The van der Waals surface area contributed by atoms with Crippen LogP contribution in [0.3, 0.4) is 0 Å². The third-order valence-corrected chi connectivity index (χ3v) is 10.9. The topological polar surface area (TPSA) is 265 Å². The molecule has 6 rings (SSSR count). The standard InChI is InChI=1S/C34H28N6O9S3.3Na/c1-18-13-20(7-11-27(18)37-39-29-17-30(51(44,45)46)25-5-3-4-6-26(25)32(29)35)21-8-12-28(19(2)14-21)38-40-34-24-10-9-23(50(41,42)43)15-22(24)16-31(33(34)36)52(47,48)49;;;/h3-17H,35-36H2,1-2H3,(H,41,42,43)(H,44,45,46)(H,47,48,49);;;/q;3*+1. The van der Waals surface area contributed by atoms with Crippen LogP contribution in [0.4, 0.5) is 34.1 Å². The van der Waals surface area contributed by atoms with Gasteiger partial charge in [-0.1, -0.05) is 42.5 Å². The molecule has 266 valence electrons. The van der Waals surface area contributed by atoms with Crippen molar-refractivity contribution in [3.05, 3.63) is 102 Å². The van der Waals surface area contributed by atoms with Crippen LogP contribution >= 0.6 is 0 Å². The first-order valence-electron chi connectivity index (χ1n) is 15.0. The van der Waals surface area contributed by atoms with Gasteiger partial charge < -0.3 is 11.5 Å². The molecule has 0 aromatic heterocycles. The van der Waals surface area contributed by atoms with Gasteiger partial charge in [0, 0.05) is 16.2 Å². The van der Waals surface area contributed by atoms with Crippen molar-refractivity contribution in [2.24, 2.45) is 20.5 Å². The molecule has 7 N–H and O–H groups in total. The fourth-order valence-corrected chi connectivity index (χ4v) is 7.47. The number of rotatable bonds is 8. The first-order chi connectivity index (χ1) is 24.3. The van der Waals surface area contributed by atoms with Crippen LogP contribution in [0.1, 0.15) is 11.1 Å². The van der Waals surface area contributed by atoms with Crippen LogP contribution in [-0.2, 0) is 30.4 Å². The minimum Gasteiger partial charge on any atom is -0.396 e. The zero-order valence-corrected chi connectivity index (χ0v) is 38.6. The summed E-state index contributed by atoms with van der Waals surface area (Å²) in [5.41, 5.74) is 16.0. The van der Waals surface area contributed by atoms with Crippen molar-refractivity contribution in [2.75, 3.05) is 11.5 Å².